The number of amides is 2. The summed E-state index contributed by atoms with van der Waals surface area (Å²) in [7, 11) is 0. The molecule has 4 aliphatic rings. The van der Waals surface area contributed by atoms with Crippen LogP contribution >= 0.6 is 0 Å². The third-order valence-corrected chi connectivity index (χ3v) is 6.85. The quantitative estimate of drug-likeness (QED) is 0.614. The Balaban J connectivity index is 1.49. The summed E-state index contributed by atoms with van der Waals surface area (Å²) < 4.78 is 5.51. The maximum absolute atomic E-state index is 13.6. The van der Waals surface area contributed by atoms with Crippen LogP contribution in [0.25, 0.3) is 0 Å². The fourth-order valence-corrected chi connectivity index (χ4v) is 5.79. The molecule has 0 radical (unpaired) electrons. The summed E-state index contributed by atoms with van der Waals surface area (Å²) in [6, 6.07) is 23.9. The highest BCUT2D eigenvalue weighted by molar-refractivity contribution is 6.23. The van der Waals surface area contributed by atoms with Gasteiger partial charge in [-0.2, -0.15) is 0 Å². The summed E-state index contributed by atoms with van der Waals surface area (Å²) in [6.07, 6.45) is 0. The molecule has 1 saturated heterocycles. The lowest BCUT2D eigenvalue weighted by atomic mass is 9.55. The highest BCUT2D eigenvalue weighted by Gasteiger charge is 2.61. The predicted octanol–water partition coefficient (Wildman–Crippen LogP) is 4.48. The number of hydrogen-bond acceptors (Lipinski definition) is 3. The van der Waals surface area contributed by atoms with E-state index in [2.05, 4.69) is 24.3 Å². The number of carbonyl (C=O) groups excluding carboxylic acids is 2. The van der Waals surface area contributed by atoms with Crippen molar-refractivity contribution >= 4 is 17.5 Å². The number of carbonyl (C=O) groups is 2. The van der Waals surface area contributed by atoms with E-state index in [0.29, 0.717) is 12.3 Å². The van der Waals surface area contributed by atoms with Gasteiger partial charge in [0.1, 0.15) is 5.75 Å². The molecule has 4 heteroatoms. The lowest BCUT2D eigenvalue weighted by Gasteiger charge is -2.45. The van der Waals surface area contributed by atoms with Gasteiger partial charge >= 0.3 is 0 Å². The van der Waals surface area contributed by atoms with E-state index < -0.39 is 0 Å². The Labute approximate surface area is 175 Å². The molecule has 0 spiro atoms. The highest BCUT2D eigenvalue weighted by atomic mass is 16.5. The van der Waals surface area contributed by atoms with Crippen molar-refractivity contribution in [2.24, 2.45) is 11.8 Å². The average Bonchev–Trinajstić information content (AvgIpc) is 3.05. The van der Waals surface area contributed by atoms with Gasteiger partial charge in [0, 0.05) is 11.8 Å². The van der Waals surface area contributed by atoms with E-state index in [9.17, 15) is 9.59 Å². The Hall–Kier alpha value is -3.40. The average molecular weight is 395 g/mol. The first kappa shape index (κ1) is 17.5. The molecule has 30 heavy (non-hydrogen) atoms. The maximum Gasteiger partial charge on any atom is 0.238 e. The molecule has 1 heterocycles. The lowest BCUT2D eigenvalue weighted by Crippen LogP contribution is -2.41. The second kappa shape index (κ2) is 6.30. The first-order valence-corrected chi connectivity index (χ1v) is 10.5. The Morgan fingerprint density at radius 3 is 1.53 bits per heavy atom. The standard InChI is InChI=1S/C26H21NO3/c1-2-30-16-13-11-15(12-14-16)27-25(28)23-21-17-7-3-4-8-18(17)22(24(23)26(27)29)20-10-6-5-9-19(20)21/h3-14,21-24H,2H2,1H3/t21?,22?,23-,24+. The molecule has 0 aromatic heterocycles. The number of benzene rings is 3. The number of hydrogen-bond donors (Lipinski definition) is 0. The molecule has 1 aliphatic heterocycles. The number of nitrogens with zero attached hydrogens (tertiary/aromatic N) is 1. The van der Waals surface area contributed by atoms with Crippen LogP contribution in [-0.2, 0) is 9.59 Å². The second-order valence-corrected chi connectivity index (χ2v) is 8.20. The normalized spacial score (nSPS) is 25.7. The summed E-state index contributed by atoms with van der Waals surface area (Å²) in [5, 5.41) is 0. The van der Waals surface area contributed by atoms with Crippen molar-refractivity contribution in [1.29, 1.82) is 0 Å². The Morgan fingerprint density at radius 1 is 0.700 bits per heavy atom. The molecule has 0 saturated carbocycles. The third-order valence-electron chi connectivity index (χ3n) is 6.85. The van der Waals surface area contributed by atoms with Crippen LogP contribution in [0.5, 0.6) is 5.75 Å². The molecule has 0 N–H and O–H groups in total. The highest BCUT2D eigenvalue weighted by Crippen LogP contribution is 2.61. The van der Waals surface area contributed by atoms with Gasteiger partial charge in [0.25, 0.3) is 0 Å². The van der Waals surface area contributed by atoms with Crippen LogP contribution in [0.3, 0.4) is 0 Å². The van der Waals surface area contributed by atoms with E-state index >= 15 is 0 Å². The molecule has 2 atom stereocenters. The zero-order valence-electron chi connectivity index (χ0n) is 16.6. The summed E-state index contributed by atoms with van der Waals surface area (Å²) in [5.74, 6) is -0.287. The van der Waals surface area contributed by atoms with Crippen molar-refractivity contribution in [3.8, 4) is 5.75 Å². The second-order valence-electron chi connectivity index (χ2n) is 8.20. The zero-order chi connectivity index (χ0) is 20.4. The fraction of sp³-hybridized carbons (Fsp3) is 0.231. The van der Waals surface area contributed by atoms with E-state index in [1.165, 1.54) is 27.2 Å². The van der Waals surface area contributed by atoms with E-state index in [-0.39, 0.29) is 35.5 Å². The SMILES string of the molecule is CCOc1ccc(N2C(=O)[C@@H]3C4c5ccccc5C(c5ccccc54)[C@@H]3C2=O)cc1. The number of anilines is 1. The van der Waals surface area contributed by atoms with E-state index in [4.69, 9.17) is 4.74 Å². The van der Waals surface area contributed by atoms with Crippen molar-refractivity contribution in [3.05, 3.63) is 95.1 Å². The molecule has 4 nitrogen and oxygen atoms in total. The molecule has 3 aliphatic carbocycles. The van der Waals surface area contributed by atoms with Crippen molar-refractivity contribution in [3.63, 3.8) is 0 Å². The van der Waals surface area contributed by atoms with Crippen LogP contribution in [0.4, 0.5) is 5.69 Å². The summed E-state index contributed by atoms with van der Waals surface area (Å²) in [6.45, 7) is 2.50. The van der Waals surface area contributed by atoms with Gasteiger partial charge in [0.15, 0.2) is 0 Å². The molecule has 3 aromatic carbocycles. The van der Waals surface area contributed by atoms with Crippen LogP contribution < -0.4 is 9.64 Å². The Kier molecular flexibility index (Phi) is 3.66. The number of imide groups is 1. The predicted molar refractivity (Wildman–Crippen MR) is 114 cm³/mol. The van der Waals surface area contributed by atoms with Crippen molar-refractivity contribution in [1.82, 2.24) is 0 Å². The minimum atomic E-state index is -0.348. The minimum absolute atomic E-state index is 0.0726. The van der Waals surface area contributed by atoms with E-state index in [1.807, 2.05) is 43.3 Å². The summed E-state index contributed by atoms with van der Waals surface area (Å²) in [4.78, 5) is 28.7. The monoisotopic (exact) mass is 395 g/mol. The molecule has 7 rings (SSSR count). The Bertz CT molecular complexity index is 1070. The molecule has 1 fully saturated rings. The van der Waals surface area contributed by atoms with E-state index in [1.54, 1.807) is 12.1 Å². The maximum atomic E-state index is 13.6. The third kappa shape index (κ3) is 2.16. The van der Waals surface area contributed by atoms with Gasteiger partial charge in [0.05, 0.1) is 24.1 Å². The lowest BCUT2D eigenvalue weighted by molar-refractivity contribution is -0.122. The minimum Gasteiger partial charge on any atom is -0.494 e. The van der Waals surface area contributed by atoms with Gasteiger partial charge < -0.3 is 4.74 Å². The molecule has 0 unspecified atom stereocenters. The molecule has 2 bridgehead atoms. The fourth-order valence-electron chi connectivity index (χ4n) is 5.79. The first-order chi connectivity index (χ1) is 14.7. The molecular formula is C26H21NO3. The first-order valence-electron chi connectivity index (χ1n) is 10.5. The summed E-state index contributed by atoms with van der Waals surface area (Å²) in [5.41, 5.74) is 5.39. The van der Waals surface area contributed by atoms with Crippen LogP contribution in [0.2, 0.25) is 0 Å². The molecule has 2 amide bonds. The zero-order valence-corrected chi connectivity index (χ0v) is 16.6. The van der Waals surface area contributed by atoms with Gasteiger partial charge in [0.2, 0.25) is 11.8 Å². The smallest absolute Gasteiger partial charge is 0.238 e. The number of ether oxygens (including phenoxy) is 1. The molecular weight excluding hydrogens is 374 g/mol. The van der Waals surface area contributed by atoms with Gasteiger partial charge in [-0.25, -0.2) is 4.90 Å². The number of rotatable bonds is 3. The Morgan fingerprint density at radius 2 is 1.13 bits per heavy atom. The van der Waals surface area contributed by atoms with Crippen LogP contribution in [0.1, 0.15) is 41.0 Å². The van der Waals surface area contributed by atoms with Crippen molar-refractivity contribution in [2.75, 3.05) is 11.5 Å². The van der Waals surface area contributed by atoms with Crippen LogP contribution in [0.15, 0.2) is 72.8 Å². The largest absolute Gasteiger partial charge is 0.494 e. The van der Waals surface area contributed by atoms with Gasteiger partial charge in [-0.05, 0) is 53.4 Å². The van der Waals surface area contributed by atoms with Gasteiger partial charge in [-0.15, -0.1) is 0 Å². The molecule has 3 aromatic rings. The van der Waals surface area contributed by atoms with Gasteiger partial charge in [-0.1, -0.05) is 48.5 Å². The summed E-state index contributed by atoms with van der Waals surface area (Å²) >= 11 is 0. The topological polar surface area (TPSA) is 46.6 Å². The van der Waals surface area contributed by atoms with Gasteiger partial charge in [-0.3, -0.25) is 9.59 Å². The van der Waals surface area contributed by atoms with Crippen molar-refractivity contribution in [2.45, 2.75) is 18.8 Å². The molecule has 148 valence electrons. The van der Waals surface area contributed by atoms with Crippen LogP contribution in [-0.4, -0.2) is 18.4 Å². The van der Waals surface area contributed by atoms with Crippen molar-refractivity contribution < 1.29 is 14.3 Å². The van der Waals surface area contributed by atoms with E-state index in [0.717, 1.165) is 5.75 Å². The van der Waals surface area contributed by atoms with Crippen LogP contribution in [0, 0.1) is 11.8 Å².